The molecule has 6 heteroatoms. The molecule has 0 aliphatic rings. The fourth-order valence-corrected chi connectivity index (χ4v) is 3.58. The molecule has 0 aromatic heterocycles. The largest absolute Gasteiger partial charge is 0.492 e. The summed E-state index contributed by atoms with van der Waals surface area (Å²) in [4.78, 5) is 23.2. The van der Waals surface area contributed by atoms with Crippen molar-refractivity contribution >= 4 is 23.5 Å². The monoisotopic (exact) mass is 460 g/mol. The van der Waals surface area contributed by atoms with Gasteiger partial charge in [-0.1, -0.05) is 76.3 Å². The first-order chi connectivity index (χ1) is 15.5. The number of aromatic carboxylic acids is 1. The second kappa shape index (κ2) is 14.5. The van der Waals surface area contributed by atoms with E-state index in [1.165, 1.54) is 81.7 Å². The van der Waals surface area contributed by atoms with Crippen LogP contribution in [-0.4, -0.2) is 23.7 Å². The van der Waals surface area contributed by atoms with Crippen LogP contribution in [0.15, 0.2) is 42.5 Å². The number of carboxylic acid groups (broad SMARTS) is 1. The highest BCUT2D eigenvalue weighted by Gasteiger charge is 2.12. The van der Waals surface area contributed by atoms with Crippen LogP contribution in [0.2, 0.25) is 5.02 Å². The van der Waals surface area contributed by atoms with Crippen LogP contribution in [0.25, 0.3) is 0 Å². The molecule has 0 spiro atoms. The molecule has 0 atom stereocenters. The predicted molar refractivity (Wildman–Crippen MR) is 127 cm³/mol. The molecule has 0 saturated heterocycles. The number of halogens is 1. The number of esters is 1. The Morgan fingerprint density at radius 2 is 1.38 bits per heavy atom. The number of carboxylic acids is 1. The van der Waals surface area contributed by atoms with Gasteiger partial charge in [0.1, 0.15) is 11.5 Å². The minimum atomic E-state index is -1.04. The van der Waals surface area contributed by atoms with E-state index in [4.69, 9.17) is 26.2 Å². The third-order valence-electron chi connectivity index (χ3n) is 5.23. The Hall–Kier alpha value is -2.53. The lowest BCUT2D eigenvalue weighted by atomic mass is 10.1. The summed E-state index contributed by atoms with van der Waals surface area (Å²) in [5, 5.41) is 9.27. The Balaban J connectivity index is 1.68. The number of carbonyl (C=O) groups is 2. The summed E-state index contributed by atoms with van der Waals surface area (Å²) in [6, 6.07) is 10.4. The van der Waals surface area contributed by atoms with Crippen molar-refractivity contribution in [2.24, 2.45) is 0 Å². The normalized spacial score (nSPS) is 10.7. The van der Waals surface area contributed by atoms with Crippen LogP contribution in [0, 0.1) is 0 Å². The molecule has 32 heavy (non-hydrogen) atoms. The standard InChI is InChI=1S/C26H33ClO5/c1-2-3-4-5-6-7-8-9-10-11-18-31-24-17-14-21(19-23(24)27)26(30)32-22-15-12-20(13-16-22)25(28)29/h12-17,19H,2-11,18H2,1H3,(H,28,29). The molecule has 0 bridgehead atoms. The van der Waals surface area contributed by atoms with Crippen molar-refractivity contribution in [3.63, 3.8) is 0 Å². The van der Waals surface area contributed by atoms with Crippen molar-refractivity contribution in [1.29, 1.82) is 0 Å². The highest BCUT2D eigenvalue weighted by Crippen LogP contribution is 2.26. The summed E-state index contributed by atoms with van der Waals surface area (Å²) in [6.45, 7) is 2.83. The van der Waals surface area contributed by atoms with Crippen LogP contribution < -0.4 is 9.47 Å². The van der Waals surface area contributed by atoms with Gasteiger partial charge in [0, 0.05) is 0 Å². The highest BCUT2D eigenvalue weighted by molar-refractivity contribution is 6.32. The van der Waals surface area contributed by atoms with Crippen LogP contribution in [0.5, 0.6) is 11.5 Å². The van der Waals surface area contributed by atoms with Gasteiger partial charge in [-0.3, -0.25) is 0 Å². The van der Waals surface area contributed by atoms with Gasteiger partial charge in [0.15, 0.2) is 0 Å². The lowest BCUT2D eigenvalue weighted by molar-refractivity contribution is 0.0696. The number of hydrogen-bond donors (Lipinski definition) is 1. The van der Waals surface area contributed by atoms with Gasteiger partial charge in [0.05, 0.1) is 22.8 Å². The molecule has 1 N–H and O–H groups in total. The summed E-state index contributed by atoms with van der Waals surface area (Å²) in [5.41, 5.74) is 0.417. The Bertz CT molecular complexity index is 848. The number of rotatable bonds is 15. The summed E-state index contributed by atoms with van der Waals surface area (Å²) < 4.78 is 11.0. The Labute approximate surface area is 195 Å². The van der Waals surface area contributed by atoms with Gasteiger partial charge in [0.2, 0.25) is 0 Å². The number of unbranched alkanes of at least 4 members (excludes halogenated alkanes) is 9. The lowest BCUT2D eigenvalue weighted by Crippen LogP contribution is -2.09. The van der Waals surface area contributed by atoms with Gasteiger partial charge in [-0.2, -0.15) is 0 Å². The molecule has 0 aliphatic carbocycles. The van der Waals surface area contributed by atoms with E-state index >= 15 is 0 Å². The molecule has 2 aromatic rings. The quantitative estimate of drug-likeness (QED) is 0.168. The first-order valence-electron chi connectivity index (χ1n) is 11.5. The van der Waals surface area contributed by atoms with Crippen molar-refractivity contribution in [2.45, 2.75) is 71.1 Å². The van der Waals surface area contributed by atoms with E-state index < -0.39 is 11.9 Å². The van der Waals surface area contributed by atoms with Crippen molar-refractivity contribution in [3.05, 3.63) is 58.6 Å². The van der Waals surface area contributed by atoms with Gasteiger partial charge in [-0.15, -0.1) is 0 Å². The zero-order valence-corrected chi connectivity index (χ0v) is 19.5. The summed E-state index contributed by atoms with van der Waals surface area (Å²) in [7, 11) is 0. The number of benzene rings is 2. The molecule has 2 aromatic carbocycles. The average molecular weight is 461 g/mol. The molecule has 5 nitrogen and oxygen atoms in total. The van der Waals surface area contributed by atoms with Gasteiger partial charge in [0.25, 0.3) is 0 Å². The SMILES string of the molecule is CCCCCCCCCCCCOc1ccc(C(=O)Oc2ccc(C(=O)O)cc2)cc1Cl. The van der Waals surface area contributed by atoms with Gasteiger partial charge in [-0.05, 0) is 48.9 Å². The topological polar surface area (TPSA) is 72.8 Å². The lowest BCUT2D eigenvalue weighted by Gasteiger charge is -2.10. The van der Waals surface area contributed by atoms with E-state index in [2.05, 4.69) is 6.92 Å². The van der Waals surface area contributed by atoms with E-state index in [9.17, 15) is 9.59 Å². The smallest absolute Gasteiger partial charge is 0.343 e. The average Bonchev–Trinajstić information content (AvgIpc) is 2.78. The van der Waals surface area contributed by atoms with E-state index in [1.54, 1.807) is 12.1 Å². The Kier molecular flexibility index (Phi) is 11.7. The first-order valence-corrected chi connectivity index (χ1v) is 11.9. The van der Waals surface area contributed by atoms with Gasteiger partial charge >= 0.3 is 11.9 Å². The van der Waals surface area contributed by atoms with Crippen LogP contribution in [0.3, 0.4) is 0 Å². The third-order valence-corrected chi connectivity index (χ3v) is 5.53. The van der Waals surface area contributed by atoms with E-state index in [0.717, 1.165) is 12.8 Å². The molecule has 174 valence electrons. The van der Waals surface area contributed by atoms with E-state index in [1.807, 2.05) is 0 Å². The Morgan fingerprint density at radius 1 is 0.812 bits per heavy atom. The van der Waals surface area contributed by atoms with Crippen molar-refractivity contribution < 1.29 is 24.2 Å². The zero-order chi connectivity index (χ0) is 23.2. The zero-order valence-electron chi connectivity index (χ0n) is 18.8. The molecule has 2 rings (SSSR count). The minimum Gasteiger partial charge on any atom is -0.492 e. The fourth-order valence-electron chi connectivity index (χ4n) is 3.35. The van der Waals surface area contributed by atoms with Crippen LogP contribution in [-0.2, 0) is 0 Å². The van der Waals surface area contributed by atoms with Crippen LogP contribution in [0.1, 0.15) is 91.8 Å². The molecule has 0 amide bonds. The summed E-state index contributed by atoms with van der Waals surface area (Å²) in [5.74, 6) is -0.804. The molecule has 0 heterocycles. The first kappa shape index (κ1) is 25.7. The third kappa shape index (κ3) is 9.31. The van der Waals surface area contributed by atoms with Gasteiger partial charge < -0.3 is 14.6 Å². The molecular weight excluding hydrogens is 428 g/mol. The van der Waals surface area contributed by atoms with E-state index in [-0.39, 0.29) is 11.3 Å². The predicted octanol–water partition coefficient (Wildman–Crippen LogP) is 7.56. The van der Waals surface area contributed by atoms with Crippen LogP contribution >= 0.6 is 11.6 Å². The van der Waals surface area contributed by atoms with Crippen molar-refractivity contribution in [1.82, 2.24) is 0 Å². The molecule has 0 aliphatic heterocycles. The Morgan fingerprint density at radius 3 is 1.94 bits per heavy atom. The molecule has 0 radical (unpaired) electrons. The summed E-state index contributed by atoms with van der Waals surface area (Å²) >= 11 is 6.27. The maximum absolute atomic E-state index is 12.3. The second-order valence-electron chi connectivity index (χ2n) is 7.89. The molecule has 0 unspecified atom stereocenters. The minimum absolute atomic E-state index is 0.122. The van der Waals surface area contributed by atoms with Crippen LogP contribution in [0.4, 0.5) is 0 Å². The fraction of sp³-hybridized carbons (Fsp3) is 0.462. The molecule has 0 fully saturated rings. The van der Waals surface area contributed by atoms with Gasteiger partial charge in [-0.25, -0.2) is 9.59 Å². The van der Waals surface area contributed by atoms with Crippen molar-refractivity contribution in [3.8, 4) is 11.5 Å². The maximum atomic E-state index is 12.3. The molecule has 0 saturated carbocycles. The molecular formula is C26H33ClO5. The maximum Gasteiger partial charge on any atom is 0.343 e. The number of ether oxygens (including phenoxy) is 2. The van der Waals surface area contributed by atoms with E-state index in [0.29, 0.717) is 22.9 Å². The number of carbonyl (C=O) groups excluding carboxylic acids is 1. The second-order valence-corrected chi connectivity index (χ2v) is 8.30. The summed E-state index contributed by atoms with van der Waals surface area (Å²) in [6.07, 6.45) is 12.6. The van der Waals surface area contributed by atoms with Crippen molar-refractivity contribution in [2.75, 3.05) is 6.61 Å². The highest BCUT2D eigenvalue weighted by atomic mass is 35.5. The number of hydrogen-bond acceptors (Lipinski definition) is 4.